The van der Waals surface area contributed by atoms with E-state index < -0.39 is 0 Å². The highest BCUT2D eigenvalue weighted by Gasteiger charge is 2.27. The molecule has 0 heteroatoms. The lowest BCUT2D eigenvalue weighted by Crippen LogP contribution is -2.23. The Kier molecular flexibility index (Phi) is 6.20. The molecule has 0 radical (unpaired) electrons. The van der Waals surface area contributed by atoms with Crippen LogP contribution in [-0.4, -0.2) is 0 Å². The van der Waals surface area contributed by atoms with Crippen LogP contribution in [0, 0.1) is 23.7 Å². The molecule has 19 heavy (non-hydrogen) atoms. The zero-order valence-corrected chi connectivity index (χ0v) is 12.8. The summed E-state index contributed by atoms with van der Waals surface area (Å²) >= 11 is 0. The molecule has 0 amide bonds. The Labute approximate surface area is 120 Å². The summed E-state index contributed by atoms with van der Waals surface area (Å²) in [4.78, 5) is 0. The monoisotopic (exact) mass is 260 g/mol. The predicted molar refractivity (Wildman–Crippen MR) is 85.1 cm³/mol. The topological polar surface area (TPSA) is 0 Å². The molecule has 108 valence electrons. The molecule has 0 aliphatic heterocycles. The van der Waals surface area contributed by atoms with E-state index in [4.69, 9.17) is 0 Å². The maximum atomic E-state index is 3.83. The van der Waals surface area contributed by atoms with Gasteiger partial charge in [0.2, 0.25) is 0 Å². The van der Waals surface area contributed by atoms with E-state index in [1.807, 2.05) is 0 Å². The Morgan fingerprint density at radius 2 is 1.79 bits per heavy atom. The lowest BCUT2D eigenvalue weighted by atomic mass is 9.71. The number of hydrogen-bond acceptors (Lipinski definition) is 0. The van der Waals surface area contributed by atoms with Gasteiger partial charge in [-0.05, 0) is 62.2 Å². The van der Waals surface area contributed by atoms with Crippen molar-refractivity contribution >= 4 is 0 Å². The lowest BCUT2D eigenvalue weighted by molar-refractivity contribution is 0.204. The summed E-state index contributed by atoms with van der Waals surface area (Å²) in [7, 11) is 0. The van der Waals surface area contributed by atoms with Crippen LogP contribution in [0.4, 0.5) is 0 Å². The van der Waals surface area contributed by atoms with Gasteiger partial charge in [0.25, 0.3) is 0 Å². The quantitative estimate of drug-likeness (QED) is 0.503. The first-order valence-electron chi connectivity index (χ1n) is 8.62. The molecule has 2 aliphatic rings. The van der Waals surface area contributed by atoms with Crippen molar-refractivity contribution in [1.82, 2.24) is 0 Å². The fraction of sp³-hybridized carbons (Fsp3) is 0.789. The summed E-state index contributed by atoms with van der Waals surface area (Å²) in [6.45, 7) is 6.16. The fourth-order valence-corrected chi connectivity index (χ4v) is 4.18. The van der Waals surface area contributed by atoms with E-state index >= 15 is 0 Å². The summed E-state index contributed by atoms with van der Waals surface area (Å²) in [6.07, 6.45) is 21.4. The zero-order valence-electron chi connectivity index (χ0n) is 12.8. The Morgan fingerprint density at radius 1 is 1.00 bits per heavy atom. The van der Waals surface area contributed by atoms with Gasteiger partial charge >= 0.3 is 0 Å². The van der Waals surface area contributed by atoms with Crippen LogP contribution in [-0.2, 0) is 0 Å². The first-order valence-corrected chi connectivity index (χ1v) is 8.62. The first kappa shape index (κ1) is 14.9. The maximum Gasteiger partial charge on any atom is -0.0205 e. The largest absolute Gasteiger partial charge is 0.103 e. The van der Waals surface area contributed by atoms with Crippen molar-refractivity contribution in [3.8, 4) is 0 Å². The SMILES string of the molecule is C=CCCC1C=CC(C2CCC(CCC)CC2)CC1. The van der Waals surface area contributed by atoms with Crippen LogP contribution >= 0.6 is 0 Å². The van der Waals surface area contributed by atoms with Crippen LogP contribution in [0.15, 0.2) is 24.8 Å². The first-order chi connectivity index (χ1) is 9.33. The van der Waals surface area contributed by atoms with Gasteiger partial charge in [-0.3, -0.25) is 0 Å². The zero-order chi connectivity index (χ0) is 13.5. The lowest BCUT2D eigenvalue weighted by Gasteiger charge is -2.35. The van der Waals surface area contributed by atoms with Gasteiger partial charge in [0.05, 0.1) is 0 Å². The van der Waals surface area contributed by atoms with E-state index in [1.54, 1.807) is 0 Å². The van der Waals surface area contributed by atoms with Crippen molar-refractivity contribution < 1.29 is 0 Å². The average molecular weight is 260 g/mol. The van der Waals surface area contributed by atoms with Crippen LogP contribution in [0.25, 0.3) is 0 Å². The van der Waals surface area contributed by atoms with Crippen molar-refractivity contribution in [1.29, 1.82) is 0 Å². The molecule has 0 bridgehead atoms. The minimum atomic E-state index is 0.839. The van der Waals surface area contributed by atoms with Gasteiger partial charge in [-0.25, -0.2) is 0 Å². The highest BCUT2D eigenvalue weighted by molar-refractivity contribution is 5.01. The smallest absolute Gasteiger partial charge is 0.0205 e. The van der Waals surface area contributed by atoms with Crippen LogP contribution in [0.2, 0.25) is 0 Å². The fourth-order valence-electron chi connectivity index (χ4n) is 4.18. The Hall–Kier alpha value is -0.520. The molecule has 2 unspecified atom stereocenters. The van der Waals surface area contributed by atoms with E-state index in [0.29, 0.717) is 0 Å². The molecule has 0 saturated heterocycles. The molecular weight excluding hydrogens is 228 g/mol. The molecular formula is C19H32. The second kappa shape index (κ2) is 7.92. The van der Waals surface area contributed by atoms with Gasteiger partial charge in [-0.2, -0.15) is 0 Å². The molecule has 0 nitrogen and oxygen atoms in total. The minimum absolute atomic E-state index is 0.839. The molecule has 1 saturated carbocycles. The maximum absolute atomic E-state index is 3.83. The second-order valence-corrected chi connectivity index (χ2v) is 6.82. The second-order valence-electron chi connectivity index (χ2n) is 6.82. The average Bonchev–Trinajstić information content (AvgIpc) is 2.47. The highest BCUT2D eigenvalue weighted by Crippen LogP contribution is 2.40. The Bertz CT molecular complexity index is 280. The van der Waals surface area contributed by atoms with E-state index in [9.17, 15) is 0 Å². The molecule has 2 aliphatic carbocycles. The highest BCUT2D eigenvalue weighted by atomic mass is 14.3. The number of hydrogen-bond donors (Lipinski definition) is 0. The van der Waals surface area contributed by atoms with Crippen molar-refractivity contribution in [3.05, 3.63) is 24.8 Å². The molecule has 0 spiro atoms. The molecule has 1 fully saturated rings. The van der Waals surface area contributed by atoms with Gasteiger partial charge in [0.1, 0.15) is 0 Å². The van der Waals surface area contributed by atoms with Crippen LogP contribution in [0.3, 0.4) is 0 Å². The number of allylic oxidation sites excluding steroid dienone is 3. The van der Waals surface area contributed by atoms with Crippen molar-refractivity contribution in [3.63, 3.8) is 0 Å². The van der Waals surface area contributed by atoms with Crippen molar-refractivity contribution in [2.75, 3.05) is 0 Å². The van der Waals surface area contributed by atoms with Crippen molar-refractivity contribution in [2.24, 2.45) is 23.7 Å². The van der Waals surface area contributed by atoms with Gasteiger partial charge in [-0.15, -0.1) is 6.58 Å². The van der Waals surface area contributed by atoms with Crippen LogP contribution in [0.1, 0.15) is 71.1 Å². The third-order valence-electron chi connectivity index (χ3n) is 5.44. The molecule has 0 heterocycles. The number of rotatable bonds is 6. The summed E-state index contributed by atoms with van der Waals surface area (Å²) in [5.41, 5.74) is 0. The minimum Gasteiger partial charge on any atom is -0.103 e. The molecule has 0 aromatic rings. The van der Waals surface area contributed by atoms with E-state index in [0.717, 1.165) is 23.7 Å². The van der Waals surface area contributed by atoms with Crippen molar-refractivity contribution in [2.45, 2.75) is 71.1 Å². The van der Waals surface area contributed by atoms with E-state index in [1.165, 1.54) is 64.2 Å². The van der Waals surface area contributed by atoms with Crippen LogP contribution < -0.4 is 0 Å². The third kappa shape index (κ3) is 4.51. The third-order valence-corrected chi connectivity index (χ3v) is 5.44. The van der Waals surface area contributed by atoms with E-state index in [-0.39, 0.29) is 0 Å². The standard InChI is InChI=1S/C19H32/c1-3-5-7-17-10-14-19(15-11-17)18-12-8-16(6-4-2)9-13-18/h3,10,14,16-19H,1,4-9,11-13,15H2,2H3. The summed E-state index contributed by atoms with van der Waals surface area (Å²) in [5.74, 6) is 3.80. The molecule has 0 aromatic carbocycles. The van der Waals surface area contributed by atoms with Gasteiger partial charge in [0, 0.05) is 0 Å². The summed E-state index contributed by atoms with van der Waals surface area (Å²) in [5, 5.41) is 0. The van der Waals surface area contributed by atoms with Gasteiger partial charge < -0.3 is 0 Å². The predicted octanol–water partition coefficient (Wildman–Crippen LogP) is 6.14. The summed E-state index contributed by atoms with van der Waals surface area (Å²) < 4.78 is 0. The normalized spacial score (nSPS) is 35.2. The molecule has 0 N–H and O–H groups in total. The van der Waals surface area contributed by atoms with Crippen LogP contribution in [0.5, 0.6) is 0 Å². The summed E-state index contributed by atoms with van der Waals surface area (Å²) in [6, 6.07) is 0. The van der Waals surface area contributed by atoms with Gasteiger partial charge in [0.15, 0.2) is 0 Å². The Balaban J connectivity index is 1.74. The molecule has 2 atom stereocenters. The molecule has 2 rings (SSSR count). The van der Waals surface area contributed by atoms with E-state index in [2.05, 4.69) is 31.7 Å². The molecule has 0 aromatic heterocycles. The van der Waals surface area contributed by atoms with Gasteiger partial charge in [-0.1, -0.05) is 50.8 Å². The Morgan fingerprint density at radius 3 is 2.37 bits per heavy atom.